The molecule has 0 amide bonds. The van der Waals surface area contributed by atoms with Crippen molar-refractivity contribution in [1.82, 2.24) is 0 Å². The number of hydrogen-bond acceptors (Lipinski definition) is 2. The van der Waals surface area contributed by atoms with Crippen LogP contribution < -0.4 is 0 Å². The van der Waals surface area contributed by atoms with Gasteiger partial charge in [0.25, 0.3) is 0 Å². The summed E-state index contributed by atoms with van der Waals surface area (Å²) in [5.74, 6) is 2.75. The molecule has 0 saturated heterocycles. The quantitative estimate of drug-likeness (QED) is 0.720. The molecule has 0 heterocycles. The molecule has 0 unspecified atom stereocenters. The van der Waals surface area contributed by atoms with E-state index in [0.717, 1.165) is 12.8 Å². The summed E-state index contributed by atoms with van der Waals surface area (Å²) in [6.45, 7) is 7.17. The highest BCUT2D eigenvalue weighted by Gasteiger charge is 2.58. The highest BCUT2D eigenvalue weighted by atomic mass is 16.4. The first-order chi connectivity index (χ1) is 12.8. The zero-order valence-corrected chi connectivity index (χ0v) is 17.0. The Morgan fingerprint density at radius 1 is 1.22 bits per heavy atom. The Morgan fingerprint density at radius 2 is 2.00 bits per heavy atom. The number of allylic oxidation sites excluding steroid dienone is 4. The Kier molecular flexibility index (Phi) is 4.63. The lowest BCUT2D eigenvalue weighted by Gasteiger charge is -2.56. The second kappa shape index (κ2) is 6.60. The predicted octanol–water partition coefficient (Wildman–Crippen LogP) is 5.41. The van der Waals surface area contributed by atoms with Crippen LogP contribution in [-0.4, -0.2) is 16.9 Å². The van der Waals surface area contributed by atoms with Gasteiger partial charge in [0, 0.05) is 12.8 Å². The number of rotatable bonds is 4. The van der Waals surface area contributed by atoms with Crippen molar-refractivity contribution in [3.8, 4) is 0 Å². The van der Waals surface area contributed by atoms with Crippen LogP contribution in [0.15, 0.2) is 23.8 Å². The summed E-state index contributed by atoms with van der Waals surface area (Å²) in [7, 11) is 0. The summed E-state index contributed by atoms with van der Waals surface area (Å²) in [6, 6.07) is 0. The topological polar surface area (TPSA) is 54.4 Å². The first-order valence-corrected chi connectivity index (χ1v) is 10.9. The van der Waals surface area contributed by atoms with E-state index < -0.39 is 5.97 Å². The van der Waals surface area contributed by atoms with Gasteiger partial charge in [0.1, 0.15) is 0 Å². The van der Waals surface area contributed by atoms with Crippen LogP contribution in [0.1, 0.15) is 72.1 Å². The second-order valence-corrected chi connectivity index (χ2v) is 10.3. The summed E-state index contributed by atoms with van der Waals surface area (Å²) in [4.78, 5) is 23.0. The number of hydrogen-bond donors (Lipinski definition) is 1. The molecule has 3 nitrogen and oxygen atoms in total. The van der Waals surface area contributed by atoms with E-state index in [1.807, 2.05) is 6.08 Å². The molecule has 0 aromatic rings. The molecule has 4 aliphatic rings. The van der Waals surface area contributed by atoms with Crippen molar-refractivity contribution in [3.05, 3.63) is 23.8 Å². The maximum atomic E-state index is 11.9. The molecule has 2 fully saturated rings. The van der Waals surface area contributed by atoms with Crippen molar-refractivity contribution in [1.29, 1.82) is 0 Å². The average molecular weight is 371 g/mol. The molecule has 1 N–H and O–H groups in total. The Morgan fingerprint density at radius 3 is 2.74 bits per heavy atom. The fourth-order valence-electron chi connectivity index (χ4n) is 7.52. The van der Waals surface area contributed by atoms with Gasteiger partial charge in [-0.25, -0.2) is 0 Å². The molecular formula is C24H34O3. The lowest BCUT2D eigenvalue weighted by Crippen LogP contribution is -2.49. The zero-order chi connectivity index (χ0) is 19.4. The molecule has 0 bridgehead atoms. The monoisotopic (exact) mass is 370 g/mol. The third-order valence-electron chi connectivity index (χ3n) is 9.09. The first kappa shape index (κ1) is 19.0. The lowest BCUT2D eigenvalue weighted by atomic mass is 9.48. The molecule has 0 aliphatic heterocycles. The molecule has 27 heavy (non-hydrogen) atoms. The van der Waals surface area contributed by atoms with Crippen molar-refractivity contribution in [2.75, 3.05) is 0 Å². The Balaban J connectivity index is 1.59. The molecule has 4 aliphatic carbocycles. The Bertz CT molecular complexity index is 704. The number of aliphatic carboxylic acids is 1. The number of carbonyl (C=O) groups is 2. The minimum absolute atomic E-state index is 0.168. The van der Waals surface area contributed by atoms with Gasteiger partial charge in [-0.2, -0.15) is 0 Å². The van der Waals surface area contributed by atoms with Gasteiger partial charge in [-0.05, 0) is 90.6 Å². The van der Waals surface area contributed by atoms with E-state index in [1.165, 1.54) is 31.3 Å². The van der Waals surface area contributed by atoms with Gasteiger partial charge < -0.3 is 5.11 Å². The van der Waals surface area contributed by atoms with Crippen molar-refractivity contribution in [2.45, 2.75) is 72.1 Å². The normalized spacial score (nSPS) is 44.1. The number of carboxylic acid groups (broad SMARTS) is 1. The van der Waals surface area contributed by atoms with Gasteiger partial charge in [0.2, 0.25) is 0 Å². The molecule has 148 valence electrons. The number of ketones is 1. The molecule has 4 rings (SSSR count). The van der Waals surface area contributed by atoms with Crippen LogP contribution >= 0.6 is 0 Å². The molecule has 0 radical (unpaired) electrons. The molecule has 2 saturated carbocycles. The fraction of sp³-hybridized carbons (Fsp3) is 0.750. The van der Waals surface area contributed by atoms with E-state index in [0.29, 0.717) is 53.6 Å². The average Bonchev–Trinajstić information content (AvgIpc) is 2.97. The second-order valence-electron chi connectivity index (χ2n) is 10.3. The van der Waals surface area contributed by atoms with Gasteiger partial charge in [-0.15, -0.1) is 0 Å². The van der Waals surface area contributed by atoms with Gasteiger partial charge in [-0.1, -0.05) is 32.9 Å². The molecule has 7 atom stereocenters. The minimum atomic E-state index is -0.667. The minimum Gasteiger partial charge on any atom is -0.481 e. The third-order valence-corrected chi connectivity index (χ3v) is 9.09. The SMILES string of the molecule is C[C@@H](CCC(=O)O)[C@H]1CC[C@H]2[C@@H]3C=CC4=CC(=O)CC[C@]4(C)[C@H]3CC[C@]12C. The van der Waals surface area contributed by atoms with Gasteiger partial charge in [-0.3, -0.25) is 9.59 Å². The van der Waals surface area contributed by atoms with Gasteiger partial charge in [0.05, 0.1) is 0 Å². The van der Waals surface area contributed by atoms with Crippen LogP contribution in [0.5, 0.6) is 0 Å². The van der Waals surface area contributed by atoms with E-state index in [2.05, 4.69) is 32.9 Å². The van der Waals surface area contributed by atoms with E-state index >= 15 is 0 Å². The number of fused-ring (bicyclic) bond motifs is 5. The molecule has 3 heteroatoms. The summed E-state index contributed by atoms with van der Waals surface area (Å²) >= 11 is 0. The smallest absolute Gasteiger partial charge is 0.303 e. The standard InChI is InChI=1S/C24H34O3/c1-15(4-9-22(26)27)19-7-8-20-18-6-5-16-14-17(25)10-12-23(16,2)21(18)11-13-24(19,20)3/h5-6,14-15,18-21H,4,7-13H2,1-3H3,(H,26,27)/t15-,18-,19+,20-,21-,23-,24+/m0/s1. The van der Waals surface area contributed by atoms with Crippen molar-refractivity contribution >= 4 is 11.8 Å². The van der Waals surface area contributed by atoms with Crippen molar-refractivity contribution in [2.24, 2.45) is 40.4 Å². The predicted molar refractivity (Wildman–Crippen MR) is 106 cm³/mol. The van der Waals surface area contributed by atoms with E-state index in [-0.39, 0.29) is 5.41 Å². The van der Waals surface area contributed by atoms with Crippen LogP contribution in [0.2, 0.25) is 0 Å². The van der Waals surface area contributed by atoms with Crippen molar-refractivity contribution in [3.63, 3.8) is 0 Å². The largest absolute Gasteiger partial charge is 0.481 e. The molecule has 0 aromatic heterocycles. The highest BCUT2D eigenvalue weighted by molar-refractivity contribution is 5.92. The van der Waals surface area contributed by atoms with E-state index in [9.17, 15) is 9.59 Å². The fourth-order valence-corrected chi connectivity index (χ4v) is 7.52. The number of carboxylic acids is 1. The van der Waals surface area contributed by atoms with Crippen LogP contribution in [0, 0.1) is 40.4 Å². The lowest BCUT2D eigenvalue weighted by molar-refractivity contribution is -0.137. The van der Waals surface area contributed by atoms with Crippen LogP contribution in [-0.2, 0) is 9.59 Å². The van der Waals surface area contributed by atoms with Crippen LogP contribution in [0.4, 0.5) is 0 Å². The van der Waals surface area contributed by atoms with Gasteiger partial charge >= 0.3 is 5.97 Å². The maximum Gasteiger partial charge on any atom is 0.303 e. The Labute approximate surface area is 163 Å². The highest BCUT2D eigenvalue weighted by Crippen LogP contribution is 2.66. The third kappa shape index (κ3) is 2.93. The van der Waals surface area contributed by atoms with Crippen LogP contribution in [0.3, 0.4) is 0 Å². The molecule has 0 spiro atoms. The maximum absolute atomic E-state index is 11.9. The molecule has 0 aromatic carbocycles. The summed E-state index contributed by atoms with van der Waals surface area (Å²) in [5, 5.41) is 9.07. The number of carbonyl (C=O) groups excluding carboxylic acids is 1. The van der Waals surface area contributed by atoms with Crippen LogP contribution in [0.25, 0.3) is 0 Å². The van der Waals surface area contributed by atoms with E-state index in [1.54, 1.807) is 0 Å². The van der Waals surface area contributed by atoms with Crippen molar-refractivity contribution < 1.29 is 14.7 Å². The van der Waals surface area contributed by atoms with Gasteiger partial charge in [0.15, 0.2) is 5.78 Å². The zero-order valence-electron chi connectivity index (χ0n) is 17.0. The van der Waals surface area contributed by atoms with E-state index in [4.69, 9.17) is 5.11 Å². The summed E-state index contributed by atoms with van der Waals surface area (Å²) in [5.41, 5.74) is 1.78. The Hall–Kier alpha value is -1.38. The molecular weight excluding hydrogens is 336 g/mol. The first-order valence-electron chi connectivity index (χ1n) is 10.9. The summed E-state index contributed by atoms with van der Waals surface area (Å²) < 4.78 is 0. The summed E-state index contributed by atoms with van der Waals surface area (Å²) in [6.07, 6.45) is 14.4.